The van der Waals surface area contributed by atoms with Crippen molar-refractivity contribution in [2.24, 2.45) is 5.92 Å². The van der Waals surface area contributed by atoms with Crippen LogP contribution >= 0.6 is 0 Å². The summed E-state index contributed by atoms with van der Waals surface area (Å²) in [5, 5.41) is 17.8. The van der Waals surface area contributed by atoms with Crippen molar-refractivity contribution in [3.63, 3.8) is 0 Å². The van der Waals surface area contributed by atoms with Crippen molar-refractivity contribution in [2.45, 2.75) is 110 Å². The van der Waals surface area contributed by atoms with Gasteiger partial charge in [-0.1, -0.05) is 96.8 Å². The fraction of sp³-hybridized carbons (Fsp3) is 1.00. The third kappa shape index (κ3) is 16.3. The van der Waals surface area contributed by atoms with E-state index in [1.165, 1.54) is 89.9 Å². The molecule has 0 saturated carbocycles. The maximum absolute atomic E-state index is 9.13. The van der Waals surface area contributed by atoms with Crippen LogP contribution in [0.4, 0.5) is 0 Å². The first-order valence-corrected chi connectivity index (χ1v) is 10.1. The molecule has 2 nitrogen and oxygen atoms in total. The normalized spacial score (nSPS) is 12.7. The van der Waals surface area contributed by atoms with Gasteiger partial charge < -0.3 is 10.2 Å². The molecule has 0 amide bonds. The summed E-state index contributed by atoms with van der Waals surface area (Å²) in [6.07, 6.45) is 21.1. The van der Waals surface area contributed by atoms with Crippen LogP contribution in [0.5, 0.6) is 0 Å². The Hall–Kier alpha value is -0.0800. The van der Waals surface area contributed by atoms with Crippen LogP contribution < -0.4 is 0 Å². The van der Waals surface area contributed by atoms with Gasteiger partial charge in [-0.25, -0.2) is 0 Å². The Balaban J connectivity index is 3.02. The van der Waals surface area contributed by atoms with Crippen molar-refractivity contribution in [3.05, 3.63) is 0 Å². The van der Waals surface area contributed by atoms with E-state index in [0.29, 0.717) is 19.1 Å². The third-order valence-corrected chi connectivity index (χ3v) is 4.86. The molecule has 0 rings (SSSR count). The molecule has 0 aromatic rings. The van der Waals surface area contributed by atoms with E-state index >= 15 is 0 Å². The SMILES string of the molecule is CCC(CO)CCCCCCCCCCCCCCCCO. The fourth-order valence-electron chi connectivity index (χ4n) is 3.09. The van der Waals surface area contributed by atoms with Crippen LogP contribution in [0.25, 0.3) is 0 Å². The van der Waals surface area contributed by atoms with E-state index in [1.54, 1.807) is 0 Å². The number of hydrogen-bond donors (Lipinski definition) is 2. The van der Waals surface area contributed by atoms with Crippen molar-refractivity contribution in [2.75, 3.05) is 13.2 Å². The van der Waals surface area contributed by atoms with Crippen LogP contribution in [-0.4, -0.2) is 23.4 Å². The Labute approximate surface area is 139 Å². The predicted molar refractivity (Wildman–Crippen MR) is 97.2 cm³/mol. The molecule has 0 aromatic carbocycles. The number of aliphatic hydroxyl groups is 2. The van der Waals surface area contributed by atoms with E-state index in [1.807, 2.05) is 0 Å². The second kappa shape index (κ2) is 19.0. The highest BCUT2D eigenvalue weighted by atomic mass is 16.3. The third-order valence-electron chi connectivity index (χ3n) is 4.86. The smallest absolute Gasteiger partial charge is 0.0459 e. The van der Waals surface area contributed by atoms with Crippen molar-refractivity contribution in [1.82, 2.24) is 0 Å². The van der Waals surface area contributed by atoms with Crippen molar-refractivity contribution < 1.29 is 10.2 Å². The highest BCUT2D eigenvalue weighted by Gasteiger charge is 2.03. The van der Waals surface area contributed by atoms with E-state index in [4.69, 9.17) is 10.2 Å². The summed E-state index contributed by atoms with van der Waals surface area (Å²) >= 11 is 0. The minimum atomic E-state index is 0.362. The first-order chi connectivity index (χ1) is 10.8. The number of unbranched alkanes of at least 4 members (excludes halogenated alkanes) is 13. The van der Waals surface area contributed by atoms with E-state index in [0.717, 1.165) is 12.8 Å². The second-order valence-corrected chi connectivity index (χ2v) is 6.92. The summed E-state index contributed by atoms with van der Waals surface area (Å²) in [4.78, 5) is 0. The molecule has 2 heteroatoms. The van der Waals surface area contributed by atoms with E-state index in [-0.39, 0.29) is 0 Å². The average Bonchev–Trinajstić information content (AvgIpc) is 2.55. The maximum atomic E-state index is 9.13. The molecule has 1 atom stereocenters. The minimum Gasteiger partial charge on any atom is -0.396 e. The minimum absolute atomic E-state index is 0.362. The van der Waals surface area contributed by atoms with E-state index < -0.39 is 0 Å². The number of hydrogen-bond acceptors (Lipinski definition) is 2. The summed E-state index contributed by atoms with van der Waals surface area (Å²) in [5.74, 6) is 0.545. The Bertz CT molecular complexity index is 190. The first kappa shape index (κ1) is 21.9. The van der Waals surface area contributed by atoms with Crippen LogP contribution in [0, 0.1) is 5.92 Å². The molecule has 0 fully saturated rings. The van der Waals surface area contributed by atoms with Crippen LogP contribution in [0.3, 0.4) is 0 Å². The van der Waals surface area contributed by atoms with Gasteiger partial charge in [0, 0.05) is 13.2 Å². The molecule has 0 bridgehead atoms. The summed E-state index contributed by atoms with van der Waals surface area (Å²) < 4.78 is 0. The molecular formula is C20H42O2. The monoisotopic (exact) mass is 314 g/mol. The Morgan fingerprint density at radius 3 is 1.23 bits per heavy atom. The second-order valence-electron chi connectivity index (χ2n) is 6.92. The molecule has 0 aromatic heterocycles. The molecule has 0 radical (unpaired) electrons. The molecule has 0 aliphatic heterocycles. The van der Waals surface area contributed by atoms with Crippen LogP contribution in [-0.2, 0) is 0 Å². The lowest BCUT2D eigenvalue weighted by Gasteiger charge is -2.10. The largest absolute Gasteiger partial charge is 0.396 e. The van der Waals surface area contributed by atoms with Crippen LogP contribution in [0.1, 0.15) is 110 Å². The van der Waals surface area contributed by atoms with Gasteiger partial charge in [0.05, 0.1) is 0 Å². The summed E-state index contributed by atoms with van der Waals surface area (Å²) in [6, 6.07) is 0. The zero-order valence-electron chi connectivity index (χ0n) is 15.2. The molecule has 2 N–H and O–H groups in total. The maximum Gasteiger partial charge on any atom is 0.0459 e. The van der Waals surface area contributed by atoms with Crippen molar-refractivity contribution in [1.29, 1.82) is 0 Å². The average molecular weight is 315 g/mol. The molecule has 134 valence electrons. The first-order valence-electron chi connectivity index (χ1n) is 10.1. The summed E-state index contributed by atoms with van der Waals surface area (Å²) in [6.45, 7) is 2.91. The Morgan fingerprint density at radius 2 is 0.909 bits per heavy atom. The van der Waals surface area contributed by atoms with Gasteiger partial charge in [-0.3, -0.25) is 0 Å². The quantitative estimate of drug-likeness (QED) is 0.312. The van der Waals surface area contributed by atoms with E-state index in [2.05, 4.69) is 6.92 Å². The van der Waals surface area contributed by atoms with Gasteiger partial charge in [0.1, 0.15) is 0 Å². The number of aliphatic hydroxyl groups excluding tert-OH is 2. The zero-order chi connectivity index (χ0) is 16.3. The van der Waals surface area contributed by atoms with Crippen molar-refractivity contribution in [3.8, 4) is 0 Å². The van der Waals surface area contributed by atoms with Gasteiger partial charge in [0.25, 0.3) is 0 Å². The van der Waals surface area contributed by atoms with Gasteiger partial charge in [-0.15, -0.1) is 0 Å². The van der Waals surface area contributed by atoms with E-state index in [9.17, 15) is 0 Å². The van der Waals surface area contributed by atoms with Crippen LogP contribution in [0.2, 0.25) is 0 Å². The molecule has 0 saturated heterocycles. The molecule has 0 aliphatic rings. The molecule has 22 heavy (non-hydrogen) atoms. The lowest BCUT2D eigenvalue weighted by atomic mass is 9.98. The number of rotatable bonds is 18. The summed E-state index contributed by atoms with van der Waals surface area (Å²) in [5.41, 5.74) is 0. The fourth-order valence-corrected chi connectivity index (χ4v) is 3.09. The highest BCUT2D eigenvalue weighted by molar-refractivity contribution is 4.56. The standard InChI is InChI=1S/C20H42O2/c1-2-20(19-22)17-15-13-11-9-7-5-3-4-6-8-10-12-14-16-18-21/h20-22H,2-19H2,1H3. The molecule has 0 spiro atoms. The summed E-state index contributed by atoms with van der Waals surface area (Å²) in [7, 11) is 0. The Morgan fingerprint density at radius 1 is 0.545 bits per heavy atom. The molecular weight excluding hydrogens is 272 g/mol. The van der Waals surface area contributed by atoms with Gasteiger partial charge in [0.2, 0.25) is 0 Å². The molecule has 1 unspecified atom stereocenters. The van der Waals surface area contributed by atoms with Gasteiger partial charge in [-0.2, -0.15) is 0 Å². The highest BCUT2D eigenvalue weighted by Crippen LogP contribution is 2.16. The lowest BCUT2D eigenvalue weighted by Crippen LogP contribution is -2.03. The zero-order valence-corrected chi connectivity index (χ0v) is 15.2. The van der Waals surface area contributed by atoms with Gasteiger partial charge in [-0.05, 0) is 18.8 Å². The Kier molecular flexibility index (Phi) is 18.9. The topological polar surface area (TPSA) is 40.5 Å². The molecule has 0 heterocycles. The molecule has 0 aliphatic carbocycles. The lowest BCUT2D eigenvalue weighted by molar-refractivity contribution is 0.211. The van der Waals surface area contributed by atoms with Gasteiger partial charge >= 0.3 is 0 Å². The predicted octanol–water partition coefficient (Wildman–Crippen LogP) is 5.85. The van der Waals surface area contributed by atoms with Crippen LogP contribution in [0.15, 0.2) is 0 Å². The van der Waals surface area contributed by atoms with Crippen molar-refractivity contribution >= 4 is 0 Å². The van der Waals surface area contributed by atoms with Gasteiger partial charge in [0.15, 0.2) is 0 Å².